The van der Waals surface area contributed by atoms with Crippen molar-refractivity contribution in [2.45, 2.75) is 26.8 Å². The summed E-state index contributed by atoms with van der Waals surface area (Å²) in [6, 6.07) is 0. The quantitative estimate of drug-likeness (QED) is 0.867. The van der Waals surface area contributed by atoms with Gasteiger partial charge < -0.3 is 9.84 Å². The molecule has 0 aliphatic carbocycles. The highest BCUT2D eigenvalue weighted by Crippen LogP contribution is 2.13. The van der Waals surface area contributed by atoms with Crippen molar-refractivity contribution in [2.75, 3.05) is 5.32 Å². The van der Waals surface area contributed by atoms with Gasteiger partial charge in [-0.15, -0.1) is 0 Å². The summed E-state index contributed by atoms with van der Waals surface area (Å²) < 4.78 is 18.6. The van der Waals surface area contributed by atoms with Crippen LogP contribution in [0.15, 0.2) is 10.9 Å². The number of anilines is 1. The van der Waals surface area contributed by atoms with Crippen molar-refractivity contribution in [3.05, 3.63) is 29.6 Å². The zero-order valence-corrected chi connectivity index (χ0v) is 9.57. The Kier molecular flexibility index (Phi) is 3.27. The summed E-state index contributed by atoms with van der Waals surface area (Å²) in [6.07, 6.45) is 1.84. The molecule has 0 saturated heterocycles. The summed E-state index contributed by atoms with van der Waals surface area (Å²) in [7, 11) is 0. The van der Waals surface area contributed by atoms with E-state index >= 15 is 0 Å². The van der Waals surface area contributed by atoms with Gasteiger partial charge in [0.1, 0.15) is 6.33 Å². The summed E-state index contributed by atoms with van der Waals surface area (Å²) in [5.41, 5.74) is 0.379. The summed E-state index contributed by atoms with van der Waals surface area (Å²) in [5.74, 6) is 0.636. The predicted octanol–water partition coefficient (Wildman–Crippen LogP) is 1.48. The molecule has 0 unspecified atom stereocenters. The molecule has 6 nitrogen and oxygen atoms in total. The maximum atomic E-state index is 13.7. The Balaban J connectivity index is 2.09. The normalized spacial score (nSPS) is 10.5. The van der Waals surface area contributed by atoms with E-state index in [9.17, 15) is 4.39 Å². The van der Waals surface area contributed by atoms with Gasteiger partial charge in [-0.05, 0) is 13.3 Å². The minimum Gasteiger partial charge on any atom is -0.358 e. The monoisotopic (exact) mass is 237 g/mol. The smallest absolute Gasteiger partial charge is 0.245 e. The fourth-order valence-electron chi connectivity index (χ4n) is 1.35. The third-order valence-electron chi connectivity index (χ3n) is 2.17. The van der Waals surface area contributed by atoms with Crippen LogP contribution in [0, 0.1) is 12.7 Å². The molecule has 0 atom stereocenters. The van der Waals surface area contributed by atoms with Crippen molar-refractivity contribution in [3.8, 4) is 0 Å². The Morgan fingerprint density at radius 1 is 1.41 bits per heavy atom. The molecule has 0 spiro atoms. The lowest BCUT2D eigenvalue weighted by atomic mass is 10.3. The molecule has 2 aromatic rings. The van der Waals surface area contributed by atoms with Gasteiger partial charge >= 0.3 is 0 Å². The fourth-order valence-corrected chi connectivity index (χ4v) is 1.35. The zero-order valence-electron chi connectivity index (χ0n) is 9.57. The first kappa shape index (κ1) is 11.4. The van der Waals surface area contributed by atoms with Gasteiger partial charge in [-0.25, -0.2) is 14.4 Å². The van der Waals surface area contributed by atoms with Crippen LogP contribution in [0.4, 0.5) is 10.2 Å². The van der Waals surface area contributed by atoms with Crippen molar-refractivity contribution < 1.29 is 8.91 Å². The SMILES string of the molecule is CCc1ncnc(NCc2nc(C)no2)c1F. The molecule has 0 aromatic carbocycles. The molecule has 17 heavy (non-hydrogen) atoms. The maximum Gasteiger partial charge on any atom is 0.245 e. The Morgan fingerprint density at radius 3 is 2.88 bits per heavy atom. The first-order valence-corrected chi connectivity index (χ1v) is 5.23. The summed E-state index contributed by atoms with van der Waals surface area (Å²) in [5, 5.41) is 6.43. The molecule has 0 radical (unpaired) electrons. The van der Waals surface area contributed by atoms with E-state index in [-0.39, 0.29) is 12.4 Å². The third kappa shape index (κ3) is 2.55. The summed E-state index contributed by atoms with van der Waals surface area (Å²) >= 11 is 0. The van der Waals surface area contributed by atoms with E-state index in [1.807, 2.05) is 6.92 Å². The molecule has 1 N–H and O–H groups in total. The molecule has 0 aliphatic heterocycles. The van der Waals surface area contributed by atoms with E-state index in [2.05, 4.69) is 25.4 Å². The molecular formula is C10H12FN5O. The Hall–Kier alpha value is -2.05. The van der Waals surface area contributed by atoms with E-state index in [0.29, 0.717) is 23.8 Å². The number of aromatic nitrogens is 4. The van der Waals surface area contributed by atoms with Crippen LogP contribution in [0.5, 0.6) is 0 Å². The van der Waals surface area contributed by atoms with Crippen LogP contribution >= 0.6 is 0 Å². The van der Waals surface area contributed by atoms with Crippen LogP contribution in [0.3, 0.4) is 0 Å². The number of halogens is 1. The van der Waals surface area contributed by atoms with Crippen molar-refractivity contribution in [1.82, 2.24) is 20.1 Å². The second-order valence-electron chi connectivity index (χ2n) is 3.43. The fraction of sp³-hybridized carbons (Fsp3) is 0.400. The molecule has 90 valence electrons. The van der Waals surface area contributed by atoms with Gasteiger partial charge in [0.05, 0.1) is 12.2 Å². The highest BCUT2D eigenvalue weighted by molar-refractivity contribution is 5.37. The summed E-state index contributed by atoms with van der Waals surface area (Å²) in [4.78, 5) is 11.7. The van der Waals surface area contributed by atoms with E-state index in [0.717, 1.165) is 0 Å². The Labute approximate surface area is 97.3 Å². The van der Waals surface area contributed by atoms with Crippen LogP contribution < -0.4 is 5.32 Å². The number of aryl methyl sites for hydroxylation is 2. The maximum absolute atomic E-state index is 13.7. The molecule has 2 heterocycles. The van der Waals surface area contributed by atoms with E-state index in [4.69, 9.17) is 4.52 Å². The minimum atomic E-state index is -0.439. The van der Waals surface area contributed by atoms with Gasteiger partial charge in [0.2, 0.25) is 5.89 Å². The average Bonchev–Trinajstić information content (AvgIpc) is 2.74. The highest BCUT2D eigenvalue weighted by Gasteiger charge is 2.10. The molecule has 0 saturated carbocycles. The second kappa shape index (κ2) is 4.86. The predicted molar refractivity (Wildman–Crippen MR) is 57.7 cm³/mol. The van der Waals surface area contributed by atoms with Gasteiger partial charge in [0.25, 0.3) is 0 Å². The van der Waals surface area contributed by atoms with E-state index in [1.165, 1.54) is 6.33 Å². The van der Waals surface area contributed by atoms with Gasteiger partial charge in [0.15, 0.2) is 17.5 Å². The van der Waals surface area contributed by atoms with Crippen LogP contribution in [0.25, 0.3) is 0 Å². The number of hydrogen-bond acceptors (Lipinski definition) is 6. The number of hydrogen-bond donors (Lipinski definition) is 1. The zero-order chi connectivity index (χ0) is 12.3. The molecule has 0 bridgehead atoms. The van der Waals surface area contributed by atoms with Crippen LogP contribution in [-0.4, -0.2) is 20.1 Å². The molecule has 2 aromatic heterocycles. The molecule has 0 aliphatic rings. The minimum absolute atomic E-state index is 0.146. The molecular weight excluding hydrogens is 225 g/mol. The lowest BCUT2D eigenvalue weighted by molar-refractivity contribution is 0.379. The van der Waals surface area contributed by atoms with Gasteiger partial charge in [-0.1, -0.05) is 12.1 Å². The number of nitrogens with zero attached hydrogens (tertiary/aromatic N) is 4. The van der Waals surface area contributed by atoms with E-state index < -0.39 is 5.82 Å². The molecule has 0 amide bonds. The van der Waals surface area contributed by atoms with Gasteiger partial charge in [0, 0.05) is 0 Å². The van der Waals surface area contributed by atoms with Crippen molar-refractivity contribution in [2.24, 2.45) is 0 Å². The largest absolute Gasteiger partial charge is 0.358 e. The lowest BCUT2D eigenvalue weighted by Gasteiger charge is -2.05. The van der Waals surface area contributed by atoms with Crippen molar-refractivity contribution in [1.29, 1.82) is 0 Å². The van der Waals surface area contributed by atoms with Gasteiger partial charge in [-0.3, -0.25) is 0 Å². The second-order valence-corrected chi connectivity index (χ2v) is 3.43. The Morgan fingerprint density at radius 2 is 2.24 bits per heavy atom. The standard InChI is InChI=1S/C10H12FN5O/c1-3-7-9(11)10(14-5-13-7)12-4-8-15-6(2)16-17-8/h5H,3-4H2,1-2H3,(H,12,13,14). The third-order valence-corrected chi connectivity index (χ3v) is 2.17. The summed E-state index contributed by atoms with van der Waals surface area (Å²) in [6.45, 7) is 3.78. The topological polar surface area (TPSA) is 76.7 Å². The Bertz CT molecular complexity index is 513. The van der Waals surface area contributed by atoms with Crippen LogP contribution in [0.2, 0.25) is 0 Å². The van der Waals surface area contributed by atoms with Crippen LogP contribution in [-0.2, 0) is 13.0 Å². The average molecular weight is 237 g/mol. The van der Waals surface area contributed by atoms with Crippen molar-refractivity contribution in [3.63, 3.8) is 0 Å². The number of nitrogens with one attached hydrogen (secondary N) is 1. The number of rotatable bonds is 4. The van der Waals surface area contributed by atoms with Gasteiger partial charge in [-0.2, -0.15) is 4.98 Å². The van der Waals surface area contributed by atoms with Crippen molar-refractivity contribution >= 4 is 5.82 Å². The highest BCUT2D eigenvalue weighted by atomic mass is 19.1. The first-order chi connectivity index (χ1) is 8.20. The lowest BCUT2D eigenvalue weighted by Crippen LogP contribution is -2.07. The molecule has 2 rings (SSSR count). The molecule has 0 fully saturated rings. The first-order valence-electron chi connectivity index (χ1n) is 5.23. The molecule has 7 heteroatoms. The van der Waals surface area contributed by atoms with Crippen LogP contribution in [0.1, 0.15) is 24.3 Å². The van der Waals surface area contributed by atoms with E-state index in [1.54, 1.807) is 6.92 Å².